The maximum atomic E-state index is 9.93. The van der Waals surface area contributed by atoms with Gasteiger partial charge in [-0.3, -0.25) is 0 Å². The van der Waals surface area contributed by atoms with Gasteiger partial charge in [-0.15, -0.1) is 11.3 Å². The smallest absolute Gasteiger partial charge is 0.141 e. The number of rotatable bonds is 8. The van der Waals surface area contributed by atoms with Crippen LogP contribution in [0.15, 0.2) is 22.7 Å². The lowest BCUT2D eigenvalue weighted by atomic mass is 10.1. The fourth-order valence-corrected chi connectivity index (χ4v) is 5.53. The lowest BCUT2D eigenvalue weighted by molar-refractivity contribution is 0.879. The highest BCUT2D eigenvalue weighted by atomic mass is 32.2. The van der Waals surface area contributed by atoms with Gasteiger partial charge in [0, 0.05) is 35.0 Å². The Balaban J connectivity index is 2.06. The van der Waals surface area contributed by atoms with Crippen LogP contribution in [-0.4, -0.2) is 30.4 Å². The highest BCUT2D eigenvalue weighted by Gasteiger charge is 2.20. The van der Waals surface area contributed by atoms with Crippen LogP contribution in [-0.2, 0) is 7.05 Å². The van der Waals surface area contributed by atoms with E-state index < -0.39 is 0 Å². The molecule has 0 fully saturated rings. The summed E-state index contributed by atoms with van der Waals surface area (Å²) in [5.74, 6) is 1.93. The van der Waals surface area contributed by atoms with Crippen LogP contribution in [0.3, 0.4) is 0 Å². The van der Waals surface area contributed by atoms with Crippen LogP contribution < -0.4 is 0 Å². The van der Waals surface area contributed by atoms with Crippen molar-refractivity contribution in [3.05, 3.63) is 34.6 Å². The molecular formula is C20H23N5S3. The fraction of sp³-hybridized carbons (Fsp3) is 0.400. The lowest BCUT2D eigenvalue weighted by Gasteiger charge is -2.11. The molecule has 0 unspecified atom stereocenters. The predicted octanol–water partition coefficient (Wildman–Crippen LogP) is 5.68. The maximum Gasteiger partial charge on any atom is 0.141 e. The SMILES string of the molecule is CCCCSCSc1nc(-c2nccs2)cc(-c2nc(C)c(C)n2C)c1C#N. The van der Waals surface area contributed by atoms with Gasteiger partial charge in [-0.2, -0.15) is 17.0 Å². The average molecular weight is 430 g/mol. The second kappa shape index (κ2) is 9.59. The van der Waals surface area contributed by atoms with E-state index in [9.17, 15) is 5.26 Å². The second-order valence-corrected chi connectivity index (χ2v) is 9.70. The maximum absolute atomic E-state index is 9.93. The minimum Gasteiger partial charge on any atom is -0.331 e. The van der Waals surface area contributed by atoms with Crippen LogP contribution in [0.5, 0.6) is 0 Å². The molecule has 0 spiro atoms. The van der Waals surface area contributed by atoms with Crippen LogP contribution in [0.2, 0.25) is 0 Å². The molecule has 0 atom stereocenters. The molecule has 0 amide bonds. The van der Waals surface area contributed by atoms with E-state index in [1.807, 2.05) is 48.7 Å². The van der Waals surface area contributed by atoms with Crippen molar-refractivity contribution in [2.75, 3.05) is 10.8 Å². The van der Waals surface area contributed by atoms with Crippen LogP contribution in [0.4, 0.5) is 0 Å². The summed E-state index contributed by atoms with van der Waals surface area (Å²) in [5.41, 5.74) is 4.27. The summed E-state index contributed by atoms with van der Waals surface area (Å²) in [6.07, 6.45) is 4.18. The number of thioether (sulfide) groups is 2. The number of aromatic nitrogens is 4. The van der Waals surface area contributed by atoms with Crippen molar-refractivity contribution in [1.29, 1.82) is 5.26 Å². The summed E-state index contributed by atoms with van der Waals surface area (Å²) in [6.45, 7) is 6.23. The molecule has 5 nitrogen and oxygen atoms in total. The van der Waals surface area contributed by atoms with E-state index in [-0.39, 0.29) is 0 Å². The predicted molar refractivity (Wildman–Crippen MR) is 120 cm³/mol. The third-order valence-corrected chi connectivity index (χ3v) is 7.61. The van der Waals surface area contributed by atoms with E-state index in [2.05, 4.69) is 18.0 Å². The standard InChI is InChI=1S/C20H23N5S3/c1-5-6-8-26-12-28-19-16(11-21)15(18-23-13(2)14(3)25(18)4)10-17(24-19)20-22-7-9-27-20/h7,9-10H,5-6,8,12H2,1-4H3. The Hall–Kier alpha value is -1.82. The largest absolute Gasteiger partial charge is 0.331 e. The molecule has 0 radical (unpaired) electrons. The summed E-state index contributed by atoms with van der Waals surface area (Å²) in [7, 11) is 1.99. The highest BCUT2D eigenvalue weighted by molar-refractivity contribution is 8.15. The molecule has 0 aliphatic rings. The number of pyridine rings is 1. The Bertz CT molecular complexity index is 986. The van der Waals surface area contributed by atoms with E-state index in [0.717, 1.165) is 49.3 Å². The van der Waals surface area contributed by atoms with Gasteiger partial charge in [0.05, 0.1) is 11.3 Å². The first-order valence-corrected chi connectivity index (χ1v) is 12.1. The molecule has 0 aromatic carbocycles. The number of nitrogens with zero attached hydrogens (tertiary/aromatic N) is 5. The van der Waals surface area contributed by atoms with E-state index in [4.69, 9.17) is 9.97 Å². The Morgan fingerprint density at radius 3 is 2.71 bits per heavy atom. The van der Waals surface area contributed by atoms with Gasteiger partial charge < -0.3 is 4.57 Å². The Kier molecular flexibility index (Phi) is 7.16. The van der Waals surface area contributed by atoms with Crippen molar-refractivity contribution >= 4 is 34.9 Å². The zero-order chi connectivity index (χ0) is 20.1. The number of nitriles is 1. The number of hydrogen-bond acceptors (Lipinski definition) is 7. The van der Waals surface area contributed by atoms with Crippen LogP contribution in [0, 0.1) is 25.2 Å². The van der Waals surface area contributed by atoms with Gasteiger partial charge in [0.1, 0.15) is 27.6 Å². The van der Waals surface area contributed by atoms with Gasteiger partial charge in [-0.1, -0.05) is 25.1 Å². The quantitative estimate of drug-likeness (QED) is 0.261. The number of unbranched alkanes of at least 4 members (excludes halogenated alkanes) is 1. The van der Waals surface area contributed by atoms with E-state index in [0.29, 0.717) is 5.56 Å². The Labute approximate surface area is 178 Å². The normalized spacial score (nSPS) is 11.0. The number of hydrogen-bond donors (Lipinski definition) is 0. The van der Waals surface area contributed by atoms with Gasteiger partial charge in [0.2, 0.25) is 0 Å². The van der Waals surface area contributed by atoms with Crippen LogP contribution in [0.25, 0.3) is 22.1 Å². The summed E-state index contributed by atoms with van der Waals surface area (Å²) in [6, 6.07) is 4.33. The van der Waals surface area contributed by atoms with Crippen molar-refractivity contribution in [3.8, 4) is 28.2 Å². The average Bonchev–Trinajstić information content (AvgIpc) is 3.32. The van der Waals surface area contributed by atoms with Crippen molar-refractivity contribution in [1.82, 2.24) is 19.5 Å². The number of imidazole rings is 1. The molecule has 0 N–H and O–H groups in total. The number of thiazole rings is 1. The van der Waals surface area contributed by atoms with E-state index >= 15 is 0 Å². The molecule has 8 heteroatoms. The molecule has 0 bridgehead atoms. The number of aryl methyl sites for hydroxylation is 1. The summed E-state index contributed by atoms with van der Waals surface area (Å²) >= 11 is 5.07. The molecule has 0 aliphatic heterocycles. The summed E-state index contributed by atoms with van der Waals surface area (Å²) in [4.78, 5) is 13.9. The molecule has 3 heterocycles. The Morgan fingerprint density at radius 2 is 2.11 bits per heavy atom. The van der Waals surface area contributed by atoms with Gasteiger partial charge in [0.15, 0.2) is 0 Å². The van der Waals surface area contributed by atoms with Gasteiger partial charge in [0.25, 0.3) is 0 Å². The summed E-state index contributed by atoms with van der Waals surface area (Å²) in [5, 5.41) is 14.4. The minimum atomic E-state index is 0.592. The molecule has 0 saturated carbocycles. The molecular weight excluding hydrogens is 406 g/mol. The van der Waals surface area contributed by atoms with Crippen molar-refractivity contribution in [3.63, 3.8) is 0 Å². The lowest BCUT2D eigenvalue weighted by Crippen LogP contribution is -2.01. The van der Waals surface area contributed by atoms with Crippen molar-refractivity contribution < 1.29 is 0 Å². The molecule has 0 aliphatic carbocycles. The van der Waals surface area contributed by atoms with Gasteiger partial charge >= 0.3 is 0 Å². The van der Waals surface area contributed by atoms with Crippen LogP contribution >= 0.6 is 34.9 Å². The third-order valence-electron chi connectivity index (χ3n) is 4.53. The Morgan fingerprint density at radius 1 is 1.29 bits per heavy atom. The van der Waals surface area contributed by atoms with Crippen LogP contribution in [0.1, 0.15) is 36.7 Å². The first kappa shape index (κ1) is 20.9. The van der Waals surface area contributed by atoms with Crippen molar-refractivity contribution in [2.24, 2.45) is 7.05 Å². The first-order chi connectivity index (χ1) is 13.6. The van der Waals surface area contributed by atoms with Crippen molar-refractivity contribution in [2.45, 2.75) is 38.6 Å². The molecule has 3 rings (SSSR count). The molecule has 28 heavy (non-hydrogen) atoms. The zero-order valence-corrected chi connectivity index (χ0v) is 19.0. The second-order valence-electron chi connectivity index (χ2n) is 6.37. The van der Waals surface area contributed by atoms with E-state index in [1.54, 1.807) is 29.3 Å². The molecule has 3 aromatic heterocycles. The van der Waals surface area contributed by atoms with Gasteiger partial charge in [-0.25, -0.2) is 15.0 Å². The minimum absolute atomic E-state index is 0.592. The zero-order valence-electron chi connectivity index (χ0n) is 16.5. The third kappa shape index (κ3) is 4.43. The van der Waals surface area contributed by atoms with E-state index in [1.165, 1.54) is 12.8 Å². The summed E-state index contributed by atoms with van der Waals surface area (Å²) < 4.78 is 2.04. The fourth-order valence-electron chi connectivity index (χ4n) is 2.73. The molecule has 146 valence electrons. The molecule has 3 aromatic rings. The molecule has 0 saturated heterocycles. The van der Waals surface area contributed by atoms with Gasteiger partial charge in [-0.05, 0) is 32.1 Å². The topological polar surface area (TPSA) is 67.4 Å². The monoisotopic (exact) mass is 429 g/mol. The first-order valence-electron chi connectivity index (χ1n) is 9.12. The highest BCUT2D eigenvalue weighted by Crippen LogP contribution is 2.35.